The molecular formula is C14H17Cl3N2O3S. The first-order valence-corrected chi connectivity index (χ1v) is 9.02. The highest BCUT2D eigenvalue weighted by molar-refractivity contribution is 7.16. The molecule has 0 saturated heterocycles. The average molecular weight is 400 g/mol. The van der Waals surface area contributed by atoms with E-state index in [0.717, 1.165) is 36.1 Å². The minimum absolute atomic E-state index is 0.352. The van der Waals surface area contributed by atoms with Crippen LogP contribution in [0.3, 0.4) is 0 Å². The zero-order chi connectivity index (χ0) is 17.2. The number of methoxy groups -OCH3 is 1. The van der Waals surface area contributed by atoms with E-state index in [1.165, 1.54) is 25.4 Å². The predicted octanol–water partition coefficient (Wildman–Crippen LogP) is 3.66. The molecule has 1 heterocycles. The summed E-state index contributed by atoms with van der Waals surface area (Å²) < 4.78 is 3.12. The van der Waals surface area contributed by atoms with Crippen molar-refractivity contribution in [1.82, 2.24) is 5.32 Å². The SMILES string of the molecule is COC(=O)c1c(N[C@H](NC(C)=O)C(Cl)(Cl)Cl)sc2c1CCCC2. The summed E-state index contributed by atoms with van der Waals surface area (Å²) in [6.07, 6.45) is 2.86. The predicted molar refractivity (Wildman–Crippen MR) is 93.8 cm³/mol. The normalized spacial score (nSPS) is 15.5. The fourth-order valence-corrected chi connectivity index (χ4v) is 4.15. The molecule has 0 radical (unpaired) electrons. The first-order valence-electron chi connectivity index (χ1n) is 7.07. The van der Waals surface area contributed by atoms with Gasteiger partial charge in [0.1, 0.15) is 11.2 Å². The van der Waals surface area contributed by atoms with Crippen molar-refractivity contribution < 1.29 is 14.3 Å². The number of hydrogen-bond acceptors (Lipinski definition) is 5. The van der Waals surface area contributed by atoms with Crippen molar-refractivity contribution in [3.05, 3.63) is 16.0 Å². The van der Waals surface area contributed by atoms with Gasteiger partial charge in [-0.3, -0.25) is 4.79 Å². The molecule has 0 aliphatic heterocycles. The summed E-state index contributed by atoms with van der Waals surface area (Å²) in [5, 5.41) is 6.07. The van der Waals surface area contributed by atoms with Crippen LogP contribution in [-0.4, -0.2) is 28.9 Å². The molecule has 1 aliphatic rings. The van der Waals surface area contributed by atoms with E-state index in [9.17, 15) is 9.59 Å². The molecular weight excluding hydrogens is 383 g/mol. The number of esters is 1. The summed E-state index contributed by atoms with van der Waals surface area (Å²) in [5.41, 5.74) is 1.46. The number of ether oxygens (including phenoxy) is 1. The monoisotopic (exact) mass is 398 g/mol. The first-order chi connectivity index (χ1) is 10.7. The van der Waals surface area contributed by atoms with Crippen LogP contribution in [0.25, 0.3) is 0 Å². The van der Waals surface area contributed by atoms with E-state index in [0.29, 0.717) is 10.6 Å². The van der Waals surface area contributed by atoms with Crippen LogP contribution in [0.4, 0.5) is 5.00 Å². The van der Waals surface area contributed by atoms with Crippen LogP contribution in [0.1, 0.15) is 40.6 Å². The molecule has 1 aromatic heterocycles. The molecule has 0 fully saturated rings. The Bertz CT molecular complexity index is 613. The van der Waals surface area contributed by atoms with Crippen LogP contribution in [-0.2, 0) is 22.4 Å². The number of alkyl halides is 3. The highest BCUT2D eigenvalue weighted by Crippen LogP contribution is 2.40. The van der Waals surface area contributed by atoms with Crippen LogP contribution >= 0.6 is 46.1 Å². The third-order valence-corrected chi connectivity index (χ3v) is 5.39. The molecule has 9 heteroatoms. The van der Waals surface area contributed by atoms with Gasteiger partial charge in [-0.15, -0.1) is 11.3 Å². The lowest BCUT2D eigenvalue weighted by Gasteiger charge is -2.26. The first kappa shape index (κ1) is 18.6. The summed E-state index contributed by atoms with van der Waals surface area (Å²) in [6, 6.07) is 0. The minimum atomic E-state index is -1.77. The fourth-order valence-electron chi connectivity index (χ4n) is 2.52. The molecule has 0 bridgehead atoms. The lowest BCUT2D eigenvalue weighted by molar-refractivity contribution is -0.119. The van der Waals surface area contributed by atoms with Crippen molar-refractivity contribution in [1.29, 1.82) is 0 Å². The van der Waals surface area contributed by atoms with Crippen LogP contribution in [0, 0.1) is 0 Å². The van der Waals surface area contributed by atoms with Gasteiger partial charge >= 0.3 is 5.97 Å². The van der Waals surface area contributed by atoms with Gasteiger partial charge in [-0.05, 0) is 31.2 Å². The van der Waals surface area contributed by atoms with E-state index in [-0.39, 0.29) is 5.91 Å². The second kappa shape index (κ2) is 7.47. The van der Waals surface area contributed by atoms with Gasteiger partial charge in [0.05, 0.1) is 12.7 Å². The lowest BCUT2D eigenvalue weighted by Crippen LogP contribution is -2.48. The Labute approximate surface area is 153 Å². The van der Waals surface area contributed by atoms with Gasteiger partial charge in [-0.1, -0.05) is 34.8 Å². The van der Waals surface area contributed by atoms with E-state index in [4.69, 9.17) is 39.5 Å². The third-order valence-electron chi connectivity index (χ3n) is 3.51. The van der Waals surface area contributed by atoms with E-state index >= 15 is 0 Å². The summed E-state index contributed by atoms with van der Waals surface area (Å²) in [7, 11) is 1.33. The van der Waals surface area contributed by atoms with Gasteiger partial charge < -0.3 is 15.4 Å². The number of nitrogens with one attached hydrogen (secondary N) is 2. The molecule has 23 heavy (non-hydrogen) atoms. The number of halogens is 3. The van der Waals surface area contributed by atoms with Crippen molar-refractivity contribution >= 4 is 63.0 Å². The van der Waals surface area contributed by atoms with Crippen molar-refractivity contribution in [2.45, 2.75) is 42.6 Å². The van der Waals surface area contributed by atoms with Gasteiger partial charge in [0.2, 0.25) is 9.70 Å². The largest absolute Gasteiger partial charge is 0.465 e. The summed E-state index contributed by atoms with van der Waals surface area (Å²) in [6.45, 7) is 1.33. The number of anilines is 1. The molecule has 1 aromatic rings. The Morgan fingerprint density at radius 2 is 1.91 bits per heavy atom. The quantitative estimate of drug-likeness (QED) is 0.461. The highest BCUT2D eigenvalue weighted by Gasteiger charge is 2.36. The van der Waals surface area contributed by atoms with E-state index in [2.05, 4.69) is 10.6 Å². The molecule has 2 N–H and O–H groups in total. The fraction of sp³-hybridized carbons (Fsp3) is 0.571. The Morgan fingerprint density at radius 1 is 1.26 bits per heavy atom. The maximum Gasteiger partial charge on any atom is 0.341 e. The van der Waals surface area contributed by atoms with E-state index < -0.39 is 15.9 Å². The highest BCUT2D eigenvalue weighted by atomic mass is 35.6. The number of hydrogen-bond donors (Lipinski definition) is 2. The molecule has 2 rings (SSSR count). The smallest absolute Gasteiger partial charge is 0.341 e. The Hall–Kier alpha value is -0.690. The number of thiophene rings is 1. The summed E-state index contributed by atoms with van der Waals surface area (Å²) in [4.78, 5) is 24.7. The Balaban J connectivity index is 2.39. The molecule has 0 unspecified atom stereocenters. The molecule has 0 saturated carbocycles. The van der Waals surface area contributed by atoms with Gasteiger partial charge in [0, 0.05) is 11.8 Å². The maximum absolute atomic E-state index is 12.2. The molecule has 0 spiro atoms. The third kappa shape index (κ3) is 4.44. The van der Waals surface area contributed by atoms with Crippen molar-refractivity contribution in [2.24, 2.45) is 0 Å². The van der Waals surface area contributed by atoms with Crippen LogP contribution in [0.5, 0.6) is 0 Å². The minimum Gasteiger partial charge on any atom is -0.465 e. The van der Waals surface area contributed by atoms with E-state index in [1.807, 2.05) is 0 Å². The van der Waals surface area contributed by atoms with Crippen molar-refractivity contribution in [2.75, 3.05) is 12.4 Å². The zero-order valence-electron chi connectivity index (χ0n) is 12.7. The summed E-state index contributed by atoms with van der Waals surface area (Å²) in [5.74, 6) is -0.785. The molecule has 0 aromatic carbocycles. The van der Waals surface area contributed by atoms with Gasteiger partial charge in [0.15, 0.2) is 0 Å². The second-order valence-electron chi connectivity index (χ2n) is 5.23. The number of amides is 1. The van der Waals surface area contributed by atoms with Crippen molar-refractivity contribution in [3.8, 4) is 0 Å². The van der Waals surface area contributed by atoms with Gasteiger partial charge in [0.25, 0.3) is 0 Å². The van der Waals surface area contributed by atoms with E-state index in [1.54, 1.807) is 0 Å². The van der Waals surface area contributed by atoms with Crippen LogP contribution in [0.15, 0.2) is 0 Å². The van der Waals surface area contributed by atoms with Gasteiger partial charge in [-0.25, -0.2) is 4.79 Å². The average Bonchev–Trinajstić information content (AvgIpc) is 2.82. The Kier molecular flexibility index (Phi) is 6.05. The lowest BCUT2D eigenvalue weighted by atomic mass is 9.95. The standard InChI is InChI=1S/C14H17Cl3N2O3S/c1-7(20)18-13(14(15,16)17)19-11-10(12(21)22-2)8-5-3-4-6-9(8)23-11/h13,19H,3-6H2,1-2H3,(H,18,20)/t13-/m0/s1. The number of carbonyl (C=O) groups is 2. The van der Waals surface area contributed by atoms with Gasteiger partial charge in [-0.2, -0.15) is 0 Å². The molecule has 5 nitrogen and oxygen atoms in total. The van der Waals surface area contributed by atoms with Crippen LogP contribution < -0.4 is 10.6 Å². The molecule has 1 atom stereocenters. The Morgan fingerprint density at radius 3 is 2.48 bits per heavy atom. The maximum atomic E-state index is 12.2. The second-order valence-corrected chi connectivity index (χ2v) is 8.70. The number of aryl methyl sites for hydroxylation is 1. The molecule has 128 valence electrons. The molecule has 1 amide bonds. The zero-order valence-corrected chi connectivity index (χ0v) is 15.8. The topological polar surface area (TPSA) is 67.4 Å². The number of carbonyl (C=O) groups excluding carboxylic acids is 2. The van der Waals surface area contributed by atoms with Crippen molar-refractivity contribution in [3.63, 3.8) is 0 Å². The number of rotatable bonds is 4. The molecule has 1 aliphatic carbocycles. The van der Waals surface area contributed by atoms with Crippen LogP contribution in [0.2, 0.25) is 0 Å². The number of fused-ring (bicyclic) bond motifs is 1. The summed E-state index contributed by atoms with van der Waals surface area (Å²) >= 11 is 19.2.